The standard InChI is InChI=1S/C17H30O2/c1-16-14-12-10-8-6-4-2-3-5-7-9-11-13-15-17(18)19-16/h5,7,16H,2-4,6,8-15H2,1H3. The molecule has 1 aliphatic heterocycles. The van der Waals surface area contributed by atoms with Crippen LogP contribution in [0.2, 0.25) is 0 Å². The average Bonchev–Trinajstić information content (AvgIpc) is 2.38. The average molecular weight is 266 g/mol. The fourth-order valence-electron chi connectivity index (χ4n) is 2.51. The molecule has 0 N–H and O–H groups in total. The lowest BCUT2D eigenvalue weighted by atomic mass is 10.1. The molecule has 0 aliphatic carbocycles. The van der Waals surface area contributed by atoms with Crippen molar-refractivity contribution in [1.82, 2.24) is 0 Å². The maximum Gasteiger partial charge on any atom is 0.306 e. The Kier molecular flexibility index (Phi) is 9.48. The Morgan fingerprint density at radius 2 is 1.47 bits per heavy atom. The summed E-state index contributed by atoms with van der Waals surface area (Å²) in [4.78, 5) is 11.6. The molecule has 1 heterocycles. The van der Waals surface area contributed by atoms with Crippen molar-refractivity contribution in [1.29, 1.82) is 0 Å². The minimum Gasteiger partial charge on any atom is -0.463 e. The van der Waals surface area contributed by atoms with Crippen LogP contribution < -0.4 is 0 Å². The molecule has 0 aromatic rings. The van der Waals surface area contributed by atoms with Crippen molar-refractivity contribution in [2.24, 2.45) is 0 Å². The molecule has 1 atom stereocenters. The largest absolute Gasteiger partial charge is 0.463 e. The second-order valence-corrected chi connectivity index (χ2v) is 5.72. The van der Waals surface area contributed by atoms with Gasteiger partial charge in [-0.3, -0.25) is 4.79 Å². The highest BCUT2D eigenvalue weighted by molar-refractivity contribution is 5.69. The van der Waals surface area contributed by atoms with E-state index in [1.165, 1.54) is 44.9 Å². The van der Waals surface area contributed by atoms with Gasteiger partial charge in [0.2, 0.25) is 0 Å². The van der Waals surface area contributed by atoms with Crippen molar-refractivity contribution >= 4 is 5.97 Å². The first-order valence-electron chi connectivity index (χ1n) is 8.13. The number of hydrogen-bond acceptors (Lipinski definition) is 2. The molecule has 0 bridgehead atoms. The van der Waals surface area contributed by atoms with Crippen LogP contribution in [0.5, 0.6) is 0 Å². The third-order valence-electron chi connectivity index (χ3n) is 3.73. The van der Waals surface area contributed by atoms with Crippen LogP contribution in [0.4, 0.5) is 0 Å². The van der Waals surface area contributed by atoms with Crippen LogP contribution in [0.1, 0.15) is 84.0 Å². The summed E-state index contributed by atoms with van der Waals surface area (Å²) in [5, 5.41) is 0. The third-order valence-corrected chi connectivity index (χ3v) is 3.73. The molecule has 2 heteroatoms. The molecule has 1 unspecified atom stereocenters. The molecule has 110 valence electrons. The molecule has 2 nitrogen and oxygen atoms in total. The summed E-state index contributed by atoms with van der Waals surface area (Å²) >= 11 is 0. The minimum atomic E-state index is -0.0132. The summed E-state index contributed by atoms with van der Waals surface area (Å²) in [5.41, 5.74) is 0. The van der Waals surface area contributed by atoms with Crippen molar-refractivity contribution in [3.05, 3.63) is 12.2 Å². The Morgan fingerprint density at radius 1 is 0.895 bits per heavy atom. The quantitative estimate of drug-likeness (QED) is 0.446. The molecule has 0 radical (unpaired) electrons. The van der Waals surface area contributed by atoms with Gasteiger partial charge in [-0.1, -0.05) is 37.8 Å². The number of rotatable bonds is 0. The van der Waals surface area contributed by atoms with Gasteiger partial charge in [-0.25, -0.2) is 0 Å². The number of esters is 1. The van der Waals surface area contributed by atoms with Crippen LogP contribution in [0, 0.1) is 0 Å². The molecule has 0 fully saturated rings. The van der Waals surface area contributed by atoms with Gasteiger partial charge < -0.3 is 4.74 Å². The number of carbonyl (C=O) groups is 1. The Hall–Kier alpha value is -0.790. The highest BCUT2D eigenvalue weighted by Crippen LogP contribution is 2.13. The molecule has 0 spiro atoms. The number of hydrogen-bond donors (Lipinski definition) is 0. The molecule has 0 saturated heterocycles. The highest BCUT2D eigenvalue weighted by atomic mass is 16.5. The van der Waals surface area contributed by atoms with Gasteiger partial charge in [0.15, 0.2) is 0 Å². The van der Waals surface area contributed by atoms with Gasteiger partial charge in [0.25, 0.3) is 0 Å². The fourth-order valence-corrected chi connectivity index (χ4v) is 2.51. The Bertz CT molecular complexity index is 258. The predicted molar refractivity (Wildman–Crippen MR) is 80.1 cm³/mol. The van der Waals surface area contributed by atoms with E-state index in [-0.39, 0.29) is 12.1 Å². The van der Waals surface area contributed by atoms with Gasteiger partial charge in [0, 0.05) is 6.42 Å². The van der Waals surface area contributed by atoms with Gasteiger partial charge in [-0.2, -0.15) is 0 Å². The molecular formula is C17H30O2. The lowest BCUT2D eigenvalue weighted by Gasteiger charge is -2.13. The smallest absolute Gasteiger partial charge is 0.306 e. The molecule has 19 heavy (non-hydrogen) atoms. The molecule has 1 aliphatic rings. The number of cyclic esters (lactones) is 1. The summed E-state index contributed by atoms with van der Waals surface area (Å²) in [5.74, 6) is -0.0132. The molecule has 0 aromatic heterocycles. The third kappa shape index (κ3) is 9.75. The Morgan fingerprint density at radius 3 is 2.21 bits per heavy atom. The van der Waals surface area contributed by atoms with Gasteiger partial charge in [0.1, 0.15) is 0 Å². The summed E-state index contributed by atoms with van der Waals surface area (Å²) in [6, 6.07) is 0. The summed E-state index contributed by atoms with van der Waals surface area (Å²) < 4.78 is 5.42. The van der Waals surface area contributed by atoms with Crippen molar-refractivity contribution in [3.8, 4) is 0 Å². The summed E-state index contributed by atoms with van der Waals surface area (Å²) in [7, 11) is 0. The van der Waals surface area contributed by atoms with Crippen molar-refractivity contribution in [2.75, 3.05) is 0 Å². The van der Waals surface area contributed by atoms with E-state index in [1.54, 1.807) is 0 Å². The molecule has 0 amide bonds. The Labute approximate surface area is 118 Å². The second kappa shape index (κ2) is 11.1. The highest BCUT2D eigenvalue weighted by Gasteiger charge is 2.08. The zero-order valence-corrected chi connectivity index (χ0v) is 12.5. The Balaban J connectivity index is 2.27. The predicted octanol–water partition coefficient (Wildman–Crippen LogP) is 5.17. The van der Waals surface area contributed by atoms with E-state index in [1.807, 2.05) is 6.92 Å². The lowest BCUT2D eigenvalue weighted by molar-refractivity contribution is -0.148. The van der Waals surface area contributed by atoms with Crippen LogP contribution in [-0.4, -0.2) is 12.1 Å². The van der Waals surface area contributed by atoms with E-state index < -0.39 is 0 Å². The van der Waals surface area contributed by atoms with E-state index in [2.05, 4.69) is 12.2 Å². The normalized spacial score (nSPS) is 25.5. The van der Waals surface area contributed by atoms with Crippen molar-refractivity contribution < 1.29 is 9.53 Å². The van der Waals surface area contributed by atoms with E-state index in [0.29, 0.717) is 6.42 Å². The van der Waals surface area contributed by atoms with E-state index in [0.717, 1.165) is 25.7 Å². The number of carbonyl (C=O) groups excluding carboxylic acids is 1. The maximum atomic E-state index is 11.6. The van der Waals surface area contributed by atoms with Gasteiger partial charge in [0.05, 0.1) is 6.10 Å². The number of allylic oxidation sites excluding steroid dienone is 2. The fraction of sp³-hybridized carbons (Fsp3) is 0.824. The number of ether oxygens (including phenoxy) is 1. The van der Waals surface area contributed by atoms with Crippen LogP contribution in [-0.2, 0) is 9.53 Å². The lowest BCUT2D eigenvalue weighted by Crippen LogP contribution is -2.14. The SMILES string of the molecule is CC1CCCCCCCCC=CCCCCC(=O)O1. The molecule has 1 rings (SSSR count). The van der Waals surface area contributed by atoms with Crippen LogP contribution in [0.3, 0.4) is 0 Å². The van der Waals surface area contributed by atoms with Crippen LogP contribution in [0.25, 0.3) is 0 Å². The second-order valence-electron chi connectivity index (χ2n) is 5.72. The van der Waals surface area contributed by atoms with Gasteiger partial charge in [-0.15, -0.1) is 0 Å². The molecule has 0 saturated carbocycles. The van der Waals surface area contributed by atoms with E-state index in [9.17, 15) is 4.79 Å². The topological polar surface area (TPSA) is 26.3 Å². The van der Waals surface area contributed by atoms with E-state index in [4.69, 9.17) is 4.74 Å². The van der Waals surface area contributed by atoms with Gasteiger partial charge in [-0.05, 0) is 51.9 Å². The summed E-state index contributed by atoms with van der Waals surface area (Å²) in [6.07, 6.45) is 18.5. The van der Waals surface area contributed by atoms with Crippen LogP contribution >= 0.6 is 0 Å². The molecule has 0 aromatic carbocycles. The summed E-state index contributed by atoms with van der Waals surface area (Å²) in [6.45, 7) is 2.02. The van der Waals surface area contributed by atoms with Crippen molar-refractivity contribution in [2.45, 2.75) is 90.1 Å². The first kappa shape index (κ1) is 16.3. The maximum absolute atomic E-state index is 11.6. The van der Waals surface area contributed by atoms with Crippen molar-refractivity contribution in [3.63, 3.8) is 0 Å². The zero-order valence-electron chi connectivity index (χ0n) is 12.5. The zero-order chi connectivity index (χ0) is 13.8. The van der Waals surface area contributed by atoms with E-state index >= 15 is 0 Å². The van der Waals surface area contributed by atoms with Gasteiger partial charge >= 0.3 is 5.97 Å². The van der Waals surface area contributed by atoms with Crippen LogP contribution in [0.15, 0.2) is 12.2 Å². The minimum absolute atomic E-state index is 0.0132. The molecular weight excluding hydrogens is 236 g/mol. The first-order chi connectivity index (χ1) is 9.29. The first-order valence-corrected chi connectivity index (χ1v) is 8.13. The monoisotopic (exact) mass is 266 g/mol.